The number of aryl methyl sites for hydroxylation is 3. The van der Waals surface area contributed by atoms with Gasteiger partial charge < -0.3 is 9.67 Å². The summed E-state index contributed by atoms with van der Waals surface area (Å²) in [7, 11) is 1.78. The summed E-state index contributed by atoms with van der Waals surface area (Å²) in [6.07, 6.45) is 0. The molecule has 0 aliphatic carbocycles. The summed E-state index contributed by atoms with van der Waals surface area (Å²) in [5.74, 6) is 0.573. The Balaban J connectivity index is 2.22. The maximum absolute atomic E-state index is 12.7. The molecule has 1 aromatic heterocycles. The fourth-order valence-electron chi connectivity index (χ4n) is 2.24. The molecule has 0 bridgehead atoms. The molecule has 22 heavy (non-hydrogen) atoms. The Bertz CT molecular complexity index is 710. The van der Waals surface area contributed by atoms with Crippen LogP contribution in [0.25, 0.3) is 0 Å². The van der Waals surface area contributed by atoms with E-state index in [1.165, 1.54) is 17.3 Å². The van der Waals surface area contributed by atoms with Crippen molar-refractivity contribution in [3.05, 3.63) is 40.2 Å². The van der Waals surface area contributed by atoms with Crippen LogP contribution in [0.15, 0.2) is 17.3 Å². The summed E-state index contributed by atoms with van der Waals surface area (Å²) in [6.45, 7) is 7.73. The molecule has 118 valence electrons. The van der Waals surface area contributed by atoms with E-state index in [2.05, 4.69) is 10.2 Å². The molecule has 6 heteroatoms. The van der Waals surface area contributed by atoms with Crippen LogP contribution < -0.4 is 0 Å². The number of aliphatic hydroxyl groups excluding tert-OH is 1. The van der Waals surface area contributed by atoms with Gasteiger partial charge in [-0.3, -0.25) is 4.79 Å². The molecule has 5 nitrogen and oxygen atoms in total. The first kappa shape index (κ1) is 16.7. The quantitative estimate of drug-likeness (QED) is 0.678. The SMILES string of the molecule is Cc1cc(C)c(C(=O)C(C)Sc2nnc(CO)n2C)cc1C. The van der Waals surface area contributed by atoms with Gasteiger partial charge in [-0.2, -0.15) is 0 Å². The molecule has 0 aliphatic rings. The van der Waals surface area contributed by atoms with Crippen molar-refractivity contribution in [2.75, 3.05) is 0 Å². The number of carbonyl (C=O) groups excluding carboxylic acids is 1. The first-order valence-electron chi connectivity index (χ1n) is 7.13. The van der Waals surface area contributed by atoms with E-state index in [4.69, 9.17) is 5.11 Å². The number of aromatic nitrogens is 3. The van der Waals surface area contributed by atoms with Crippen molar-refractivity contribution >= 4 is 17.5 Å². The number of ketones is 1. The van der Waals surface area contributed by atoms with Crippen molar-refractivity contribution in [2.45, 2.75) is 44.7 Å². The second kappa shape index (κ2) is 6.62. The van der Waals surface area contributed by atoms with Gasteiger partial charge in [0.05, 0.1) is 5.25 Å². The largest absolute Gasteiger partial charge is 0.388 e. The molecule has 0 radical (unpaired) electrons. The fourth-order valence-corrected chi connectivity index (χ4v) is 3.14. The van der Waals surface area contributed by atoms with Gasteiger partial charge in [-0.1, -0.05) is 17.8 Å². The average molecular weight is 319 g/mol. The van der Waals surface area contributed by atoms with E-state index in [1.54, 1.807) is 11.6 Å². The number of hydrogen-bond acceptors (Lipinski definition) is 5. The monoisotopic (exact) mass is 319 g/mol. The second-order valence-corrected chi connectivity index (χ2v) is 6.80. The molecule has 0 spiro atoms. The zero-order valence-corrected chi connectivity index (χ0v) is 14.4. The molecule has 1 atom stereocenters. The molecular weight excluding hydrogens is 298 g/mol. The van der Waals surface area contributed by atoms with E-state index in [0.29, 0.717) is 11.0 Å². The number of aliphatic hydroxyl groups is 1. The van der Waals surface area contributed by atoms with Crippen molar-refractivity contribution < 1.29 is 9.90 Å². The fraction of sp³-hybridized carbons (Fsp3) is 0.438. The molecule has 0 saturated heterocycles. The Kier molecular flexibility index (Phi) is 5.03. The minimum absolute atomic E-state index is 0.0825. The molecule has 1 N–H and O–H groups in total. The van der Waals surface area contributed by atoms with Crippen LogP contribution in [0.2, 0.25) is 0 Å². The van der Waals surface area contributed by atoms with Gasteiger partial charge in [-0.05, 0) is 50.5 Å². The van der Waals surface area contributed by atoms with Gasteiger partial charge in [0.2, 0.25) is 0 Å². The first-order chi connectivity index (χ1) is 10.3. The summed E-state index contributed by atoms with van der Waals surface area (Å²) in [6, 6.07) is 4.01. The molecular formula is C16H21N3O2S. The van der Waals surface area contributed by atoms with Crippen LogP contribution in [-0.2, 0) is 13.7 Å². The molecule has 0 aliphatic heterocycles. The van der Waals surface area contributed by atoms with E-state index in [9.17, 15) is 4.79 Å². The predicted octanol–water partition coefficient (Wildman–Crippen LogP) is 2.60. The molecule has 2 rings (SSSR count). The van der Waals surface area contributed by atoms with Crippen LogP contribution in [0, 0.1) is 20.8 Å². The van der Waals surface area contributed by atoms with E-state index in [-0.39, 0.29) is 17.6 Å². The third kappa shape index (κ3) is 3.23. The lowest BCUT2D eigenvalue weighted by Gasteiger charge is -2.13. The van der Waals surface area contributed by atoms with E-state index < -0.39 is 0 Å². The number of thioether (sulfide) groups is 1. The summed E-state index contributed by atoms with van der Waals surface area (Å²) in [5.41, 5.74) is 4.06. The third-order valence-electron chi connectivity index (χ3n) is 3.82. The van der Waals surface area contributed by atoms with Gasteiger partial charge >= 0.3 is 0 Å². The molecule has 1 unspecified atom stereocenters. The van der Waals surface area contributed by atoms with Crippen LogP contribution in [0.1, 0.15) is 39.8 Å². The highest BCUT2D eigenvalue weighted by atomic mass is 32.2. The third-order valence-corrected chi connectivity index (χ3v) is 4.96. The highest BCUT2D eigenvalue weighted by Gasteiger charge is 2.21. The number of hydrogen-bond donors (Lipinski definition) is 1. The van der Waals surface area contributed by atoms with Crippen LogP contribution in [0.5, 0.6) is 0 Å². The number of Topliss-reactive ketones (excluding diaryl/α,β-unsaturated/α-hetero) is 1. The van der Waals surface area contributed by atoms with Gasteiger partial charge in [0.25, 0.3) is 0 Å². The smallest absolute Gasteiger partial charge is 0.191 e. The molecule has 1 aromatic carbocycles. The lowest BCUT2D eigenvalue weighted by molar-refractivity contribution is 0.0993. The number of rotatable bonds is 5. The molecule has 1 heterocycles. The Hall–Kier alpha value is -1.66. The molecule has 0 fully saturated rings. The van der Waals surface area contributed by atoms with Crippen molar-refractivity contribution in [3.63, 3.8) is 0 Å². The van der Waals surface area contributed by atoms with Gasteiger partial charge in [0.15, 0.2) is 16.8 Å². The average Bonchev–Trinajstić information content (AvgIpc) is 2.82. The Labute approximate surface area is 134 Å². The minimum Gasteiger partial charge on any atom is -0.388 e. The Morgan fingerprint density at radius 2 is 1.86 bits per heavy atom. The van der Waals surface area contributed by atoms with Crippen LogP contribution in [-0.4, -0.2) is 30.9 Å². The minimum atomic E-state index is -0.268. The second-order valence-electron chi connectivity index (χ2n) is 5.49. The lowest BCUT2D eigenvalue weighted by atomic mass is 9.97. The molecule has 0 amide bonds. The highest BCUT2D eigenvalue weighted by molar-refractivity contribution is 8.00. The zero-order chi connectivity index (χ0) is 16.4. The number of nitrogens with zero attached hydrogens (tertiary/aromatic N) is 3. The maximum atomic E-state index is 12.7. The summed E-state index contributed by atoms with van der Waals surface area (Å²) in [4.78, 5) is 12.7. The molecule has 2 aromatic rings. The van der Waals surface area contributed by atoms with E-state index in [1.807, 2.05) is 39.8 Å². The zero-order valence-electron chi connectivity index (χ0n) is 13.5. The first-order valence-corrected chi connectivity index (χ1v) is 8.01. The maximum Gasteiger partial charge on any atom is 0.191 e. The topological polar surface area (TPSA) is 68.0 Å². The van der Waals surface area contributed by atoms with Crippen molar-refractivity contribution in [3.8, 4) is 0 Å². The van der Waals surface area contributed by atoms with Gasteiger partial charge in [0.1, 0.15) is 6.61 Å². The normalized spacial score (nSPS) is 12.5. The van der Waals surface area contributed by atoms with Crippen molar-refractivity contribution in [1.29, 1.82) is 0 Å². The van der Waals surface area contributed by atoms with E-state index >= 15 is 0 Å². The highest BCUT2D eigenvalue weighted by Crippen LogP contribution is 2.26. The van der Waals surface area contributed by atoms with Gasteiger partial charge in [-0.25, -0.2) is 0 Å². The summed E-state index contributed by atoms with van der Waals surface area (Å²) in [5, 5.41) is 17.4. The molecule has 0 saturated carbocycles. The summed E-state index contributed by atoms with van der Waals surface area (Å²) < 4.78 is 1.71. The van der Waals surface area contributed by atoms with Gasteiger partial charge in [-0.15, -0.1) is 10.2 Å². The number of carbonyl (C=O) groups is 1. The predicted molar refractivity (Wildman–Crippen MR) is 87.2 cm³/mol. The van der Waals surface area contributed by atoms with Crippen LogP contribution >= 0.6 is 11.8 Å². The lowest BCUT2D eigenvalue weighted by Crippen LogP contribution is -2.16. The Morgan fingerprint density at radius 1 is 1.23 bits per heavy atom. The van der Waals surface area contributed by atoms with Crippen molar-refractivity contribution in [2.24, 2.45) is 7.05 Å². The van der Waals surface area contributed by atoms with Crippen LogP contribution in [0.4, 0.5) is 0 Å². The van der Waals surface area contributed by atoms with Gasteiger partial charge in [0, 0.05) is 12.6 Å². The van der Waals surface area contributed by atoms with Crippen molar-refractivity contribution in [1.82, 2.24) is 14.8 Å². The summed E-state index contributed by atoms with van der Waals surface area (Å²) >= 11 is 1.36. The number of benzene rings is 1. The standard InChI is InChI=1S/C16H21N3O2S/c1-9-6-11(3)13(7-10(9)2)15(21)12(4)22-16-18-17-14(8-20)19(16)5/h6-7,12,20H,8H2,1-5H3. The Morgan fingerprint density at radius 3 is 2.45 bits per heavy atom. The van der Waals surface area contributed by atoms with E-state index in [0.717, 1.165) is 16.7 Å². The van der Waals surface area contributed by atoms with Crippen LogP contribution in [0.3, 0.4) is 0 Å².